The zero-order valence-electron chi connectivity index (χ0n) is 26.5. The summed E-state index contributed by atoms with van der Waals surface area (Å²) in [7, 11) is 3.05. The molecule has 0 spiro atoms. The van der Waals surface area contributed by atoms with Crippen molar-refractivity contribution in [3.8, 4) is 17.2 Å². The van der Waals surface area contributed by atoms with Crippen molar-refractivity contribution in [2.45, 2.75) is 24.9 Å². The van der Waals surface area contributed by atoms with Crippen LogP contribution in [0, 0.1) is 0 Å². The zero-order valence-corrected chi connectivity index (χ0v) is 26.5. The van der Waals surface area contributed by atoms with Crippen LogP contribution in [0.4, 0.5) is 0 Å². The molecule has 8 nitrogen and oxygen atoms in total. The van der Waals surface area contributed by atoms with E-state index in [0.717, 1.165) is 16.7 Å². The summed E-state index contributed by atoms with van der Waals surface area (Å²) in [5.74, 6) is 0.861. The van der Waals surface area contributed by atoms with Crippen molar-refractivity contribution < 1.29 is 28.9 Å². The lowest BCUT2D eigenvalue weighted by Crippen LogP contribution is -2.52. The van der Waals surface area contributed by atoms with Crippen molar-refractivity contribution in [3.63, 3.8) is 0 Å². The Kier molecular flexibility index (Phi) is 11.4. The lowest BCUT2D eigenvalue weighted by molar-refractivity contribution is -0.133. The lowest BCUT2D eigenvalue weighted by atomic mass is 9.90. The standard InChI is InChI=1S/C38H42N2O6/c1-44-35-24-32(33(42)19-18-28-12-6-3-7-13-28)34(25-36(35)45-2)46-27-31(41)26-39-20-22-40(23-21-39)38(43)37(29-14-8-4-9-15-29)30-16-10-5-11-17-30/h3-17,24-25,31,37,41H,18-23,26-27H2,1-2H3. The third kappa shape index (κ3) is 8.33. The van der Waals surface area contributed by atoms with Gasteiger partial charge in [-0.2, -0.15) is 0 Å². The van der Waals surface area contributed by atoms with E-state index in [4.69, 9.17) is 14.2 Å². The molecule has 1 heterocycles. The highest BCUT2D eigenvalue weighted by Crippen LogP contribution is 2.36. The molecular weight excluding hydrogens is 580 g/mol. The van der Waals surface area contributed by atoms with Crippen LogP contribution in [0.3, 0.4) is 0 Å². The first-order valence-corrected chi connectivity index (χ1v) is 15.7. The molecule has 4 aromatic carbocycles. The molecule has 5 rings (SSSR count). The van der Waals surface area contributed by atoms with Gasteiger partial charge in [-0.3, -0.25) is 14.5 Å². The summed E-state index contributed by atoms with van der Waals surface area (Å²) in [5.41, 5.74) is 3.41. The number of β-amino-alcohol motifs (C(OH)–C–C–N with tert-alkyl or cyclic N) is 1. The summed E-state index contributed by atoms with van der Waals surface area (Å²) in [4.78, 5) is 31.1. The van der Waals surface area contributed by atoms with Crippen LogP contribution >= 0.6 is 0 Å². The molecule has 1 saturated heterocycles. The molecule has 1 aliphatic heterocycles. The van der Waals surface area contributed by atoms with Crippen LogP contribution in [0.25, 0.3) is 0 Å². The lowest BCUT2D eigenvalue weighted by Gasteiger charge is -2.37. The third-order valence-electron chi connectivity index (χ3n) is 8.37. The van der Waals surface area contributed by atoms with Gasteiger partial charge in [-0.1, -0.05) is 91.0 Å². The number of amides is 1. The van der Waals surface area contributed by atoms with Crippen LogP contribution < -0.4 is 14.2 Å². The molecule has 0 bridgehead atoms. The number of hydrogen-bond acceptors (Lipinski definition) is 7. The van der Waals surface area contributed by atoms with Gasteiger partial charge in [-0.05, 0) is 29.2 Å². The third-order valence-corrected chi connectivity index (χ3v) is 8.37. The Morgan fingerprint density at radius 1 is 0.739 bits per heavy atom. The topological polar surface area (TPSA) is 88.5 Å². The van der Waals surface area contributed by atoms with Gasteiger partial charge < -0.3 is 24.2 Å². The van der Waals surface area contributed by atoms with E-state index in [1.807, 2.05) is 95.9 Å². The molecule has 1 aliphatic rings. The van der Waals surface area contributed by atoms with E-state index in [-0.39, 0.29) is 24.2 Å². The van der Waals surface area contributed by atoms with Gasteiger partial charge in [0.25, 0.3) is 0 Å². The van der Waals surface area contributed by atoms with Gasteiger partial charge in [0, 0.05) is 45.2 Å². The molecule has 46 heavy (non-hydrogen) atoms. The highest BCUT2D eigenvalue weighted by Gasteiger charge is 2.30. The Bertz CT molecular complexity index is 1520. The molecule has 1 N–H and O–H groups in total. The van der Waals surface area contributed by atoms with Crippen LogP contribution in [-0.4, -0.2) is 86.3 Å². The van der Waals surface area contributed by atoms with Gasteiger partial charge in [0.2, 0.25) is 5.91 Å². The van der Waals surface area contributed by atoms with Crippen molar-refractivity contribution in [1.29, 1.82) is 0 Å². The van der Waals surface area contributed by atoms with Crippen molar-refractivity contribution >= 4 is 11.7 Å². The molecule has 1 atom stereocenters. The van der Waals surface area contributed by atoms with Crippen molar-refractivity contribution in [1.82, 2.24) is 9.80 Å². The number of nitrogens with zero attached hydrogens (tertiary/aromatic N) is 2. The van der Waals surface area contributed by atoms with Crippen molar-refractivity contribution in [2.75, 3.05) is 53.6 Å². The van der Waals surface area contributed by atoms with Gasteiger partial charge >= 0.3 is 0 Å². The first-order chi connectivity index (χ1) is 22.5. The van der Waals surface area contributed by atoms with Gasteiger partial charge in [0.15, 0.2) is 17.3 Å². The number of piperazine rings is 1. The van der Waals surface area contributed by atoms with Crippen LogP contribution in [0.1, 0.15) is 39.4 Å². The number of aliphatic hydroxyl groups excluding tert-OH is 1. The SMILES string of the molecule is COc1cc(OCC(O)CN2CCN(C(=O)C(c3ccccc3)c3ccccc3)CC2)c(C(=O)CCc2ccccc2)cc1OC. The summed E-state index contributed by atoms with van der Waals surface area (Å²) < 4.78 is 16.9. The summed E-state index contributed by atoms with van der Waals surface area (Å²) in [5, 5.41) is 10.9. The van der Waals surface area contributed by atoms with E-state index in [9.17, 15) is 14.7 Å². The Balaban J connectivity index is 1.18. The largest absolute Gasteiger partial charge is 0.493 e. The van der Waals surface area contributed by atoms with Crippen LogP contribution in [0.2, 0.25) is 0 Å². The Morgan fingerprint density at radius 3 is 1.85 bits per heavy atom. The van der Waals surface area contributed by atoms with Crippen LogP contribution in [-0.2, 0) is 11.2 Å². The van der Waals surface area contributed by atoms with Crippen molar-refractivity contribution in [2.24, 2.45) is 0 Å². The molecule has 0 saturated carbocycles. The van der Waals surface area contributed by atoms with Gasteiger partial charge in [-0.15, -0.1) is 0 Å². The fourth-order valence-corrected chi connectivity index (χ4v) is 5.87. The molecule has 1 unspecified atom stereocenters. The minimum absolute atomic E-state index is 0.00230. The predicted molar refractivity (Wildman–Crippen MR) is 178 cm³/mol. The number of carbonyl (C=O) groups is 2. The zero-order chi connectivity index (χ0) is 32.3. The van der Waals surface area contributed by atoms with E-state index < -0.39 is 6.10 Å². The van der Waals surface area contributed by atoms with Crippen LogP contribution in [0.5, 0.6) is 17.2 Å². The molecule has 0 aromatic heterocycles. The van der Waals surface area contributed by atoms with E-state index in [0.29, 0.717) is 68.4 Å². The normalized spacial score (nSPS) is 14.1. The molecule has 1 amide bonds. The summed E-state index contributed by atoms with van der Waals surface area (Å²) >= 11 is 0. The Morgan fingerprint density at radius 2 is 1.28 bits per heavy atom. The molecule has 240 valence electrons. The summed E-state index contributed by atoms with van der Waals surface area (Å²) in [6.07, 6.45) is 0.0998. The second kappa shape index (κ2) is 16.1. The van der Waals surface area contributed by atoms with E-state index in [1.54, 1.807) is 12.1 Å². The number of hydrogen-bond donors (Lipinski definition) is 1. The number of ketones is 1. The average molecular weight is 623 g/mol. The average Bonchev–Trinajstić information content (AvgIpc) is 3.11. The number of Topliss-reactive ketones (excluding diaryl/α,β-unsaturated/α-hetero) is 1. The monoisotopic (exact) mass is 622 g/mol. The summed E-state index contributed by atoms with van der Waals surface area (Å²) in [6.45, 7) is 2.79. The van der Waals surface area contributed by atoms with Crippen LogP contribution in [0.15, 0.2) is 103 Å². The molecule has 0 aliphatic carbocycles. The predicted octanol–water partition coefficient (Wildman–Crippen LogP) is 5.24. The second-order valence-corrected chi connectivity index (χ2v) is 11.5. The van der Waals surface area contributed by atoms with Gasteiger partial charge in [-0.25, -0.2) is 0 Å². The maximum absolute atomic E-state index is 13.8. The first-order valence-electron chi connectivity index (χ1n) is 15.7. The Hall–Kier alpha value is -4.66. The fourth-order valence-electron chi connectivity index (χ4n) is 5.87. The van der Waals surface area contributed by atoms with E-state index in [1.165, 1.54) is 14.2 Å². The molecule has 1 fully saturated rings. The summed E-state index contributed by atoms with van der Waals surface area (Å²) in [6, 6.07) is 32.9. The minimum atomic E-state index is -0.802. The van der Waals surface area contributed by atoms with E-state index >= 15 is 0 Å². The number of methoxy groups -OCH3 is 2. The quantitative estimate of drug-likeness (QED) is 0.193. The molecule has 4 aromatic rings. The van der Waals surface area contributed by atoms with Gasteiger partial charge in [0.05, 0.1) is 25.7 Å². The first kappa shape index (κ1) is 32.7. The number of aliphatic hydroxyl groups is 1. The second-order valence-electron chi connectivity index (χ2n) is 11.5. The fraction of sp³-hybridized carbons (Fsp3) is 0.316. The molecular formula is C38H42N2O6. The molecule has 8 heteroatoms. The maximum Gasteiger partial charge on any atom is 0.234 e. The highest BCUT2D eigenvalue weighted by atomic mass is 16.5. The van der Waals surface area contributed by atoms with Gasteiger partial charge in [0.1, 0.15) is 18.5 Å². The maximum atomic E-state index is 13.8. The highest BCUT2D eigenvalue weighted by molar-refractivity contribution is 5.99. The number of carbonyl (C=O) groups excluding carboxylic acids is 2. The smallest absolute Gasteiger partial charge is 0.234 e. The number of aryl methyl sites for hydroxylation is 1. The minimum Gasteiger partial charge on any atom is -0.493 e. The number of rotatable bonds is 14. The number of ether oxygens (including phenoxy) is 3. The van der Waals surface area contributed by atoms with Crippen molar-refractivity contribution in [3.05, 3.63) is 125 Å². The van der Waals surface area contributed by atoms with E-state index in [2.05, 4.69) is 4.90 Å². The molecule has 0 radical (unpaired) electrons. The Labute approximate surface area is 271 Å². The number of benzene rings is 4.